The average Bonchev–Trinajstić information content (AvgIpc) is 3.20. The molecule has 0 bridgehead atoms. The van der Waals surface area contributed by atoms with Gasteiger partial charge in [-0.15, -0.1) is 0 Å². The number of unbranched alkanes of at least 4 members (excludes halogenated alkanes) is 15. The van der Waals surface area contributed by atoms with Crippen LogP contribution in [-0.4, -0.2) is 22.5 Å². The van der Waals surface area contributed by atoms with Gasteiger partial charge in [-0.3, -0.25) is 0 Å². The molecule has 188 valence electrons. The highest BCUT2D eigenvalue weighted by Crippen LogP contribution is 2.23. The van der Waals surface area contributed by atoms with Crippen LogP contribution in [0.4, 0.5) is 0 Å². The summed E-state index contributed by atoms with van der Waals surface area (Å²) in [4.78, 5) is 5.13. The summed E-state index contributed by atoms with van der Waals surface area (Å²) >= 11 is 0. The van der Waals surface area contributed by atoms with E-state index in [-0.39, 0.29) is 0 Å². The molecule has 1 heterocycles. The summed E-state index contributed by atoms with van der Waals surface area (Å²) in [6.07, 6.45) is 30.7. The molecule has 0 aromatic heterocycles. The lowest BCUT2D eigenvalue weighted by molar-refractivity contribution is 0.134. The summed E-state index contributed by atoms with van der Waals surface area (Å²) < 4.78 is 0. The van der Waals surface area contributed by atoms with Crippen molar-refractivity contribution in [1.82, 2.24) is 9.80 Å². The molecular formula is C31H54N2. The first-order valence-electron chi connectivity index (χ1n) is 14.6. The van der Waals surface area contributed by atoms with Gasteiger partial charge in [0.1, 0.15) is 6.17 Å². The Morgan fingerprint density at radius 1 is 0.545 bits per heavy atom. The molecule has 0 spiro atoms. The lowest BCUT2D eigenvalue weighted by Gasteiger charge is -2.33. The summed E-state index contributed by atoms with van der Waals surface area (Å²) in [5.41, 5.74) is 1.41. The van der Waals surface area contributed by atoms with Crippen molar-refractivity contribution in [2.45, 2.75) is 142 Å². The van der Waals surface area contributed by atoms with Crippen LogP contribution in [0.3, 0.4) is 0 Å². The molecule has 1 aliphatic heterocycles. The topological polar surface area (TPSA) is 6.48 Å². The predicted octanol–water partition coefficient (Wildman–Crippen LogP) is 9.66. The van der Waals surface area contributed by atoms with Crippen LogP contribution in [0.1, 0.15) is 135 Å². The zero-order valence-electron chi connectivity index (χ0n) is 22.2. The van der Waals surface area contributed by atoms with Crippen LogP contribution in [0, 0.1) is 0 Å². The fourth-order valence-electron chi connectivity index (χ4n) is 5.17. The van der Waals surface area contributed by atoms with Gasteiger partial charge in [-0.2, -0.15) is 0 Å². The van der Waals surface area contributed by atoms with Crippen LogP contribution < -0.4 is 0 Å². The second-order valence-corrected chi connectivity index (χ2v) is 10.3. The standard InChI is InChI=1S/C31H54N2/c1-3-5-6-7-8-9-10-11-12-13-14-15-16-17-18-22-26-32-27-28-33(31(32)23-4-2)29-30-24-20-19-21-25-30/h19-21,24-25,27-28,31H,3-18,22-23,26,29H2,1-2H3. The predicted molar refractivity (Wildman–Crippen MR) is 146 cm³/mol. The molecule has 0 aliphatic carbocycles. The van der Waals surface area contributed by atoms with Crippen LogP contribution in [0.25, 0.3) is 0 Å². The third kappa shape index (κ3) is 12.6. The molecule has 0 radical (unpaired) electrons. The van der Waals surface area contributed by atoms with Crippen molar-refractivity contribution in [3.05, 3.63) is 48.3 Å². The largest absolute Gasteiger partial charge is 0.356 e. The van der Waals surface area contributed by atoms with Gasteiger partial charge in [-0.05, 0) is 18.4 Å². The summed E-state index contributed by atoms with van der Waals surface area (Å²) in [6.45, 7) is 6.85. The van der Waals surface area contributed by atoms with Gasteiger partial charge in [0.15, 0.2) is 0 Å². The maximum absolute atomic E-state index is 2.59. The van der Waals surface area contributed by atoms with Crippen LogP contribution in [0.15, 0.2) is 42.7 Å². The van der Waals surface area contributed by atoms with Crippen molar-refractivity contribution in [3.8, 4) is 0 Å². The van der Waals surface area contributed by atoms with Crippen LogP contribution in [-0.2, 0) is 6.54 Å². The lowest BCUT2D eigenvalue weighted by Crippen LogP contribution is -2.38. The molecule has 0 N–H and O–H groups in total. The molecule has 1 atom stereocenters. The SMILES string of the molecule is CCCCCCCCCCCCCCCCCCN1C=CN(Cc2ccccc2)C1CCC. The van der Waals surface area contributed by atoms with Gasteiger partial charge in [-0.1, -0.05) is 147 Å². The number of rotatable bonds is 21. The van der Waals surface area contributed by atoms with Gasteiger partial charge < -0.3 is 9.80 Å². The maximum Gasteiger partial charge on any atom is 0.101 e. The van der Waals surface area contributed by atoms with Gasteiger partial charge in [0, 0.05) is 25.5 Å². The maximum atomic E-state index is 2.59. The second-order valence-electron chi connectivity index (χ2n) is 10.3. The monoisotopic (exact) mass is 454 g/mol. The number of hydrogen-bond donors (Lipinski definition) is 0. The zero-order valence-corrected chi connectivity index (χ0v) is 22.2. The third-order valence-corrected chi connectivity index (χ3v) is 7.24. The summed E-state index contributed by atoms with van der Waals surface area (Å²) in [5, 5.41) is 0. The molecule has 0 saturated heterocycles. The van der Waals surface area contributed by atoms with E-state index in [0.717, 1.165) is 6.54 Å². The lowest BCUT2D eigenvalue weighted by atomic mass is 10.0. The Bertz CT molecular complexity index is 582. The number of benzene rings is 1. The third-order valence-electron chi connectivity index (χ3n) is 7.24. The zero-order chi connectivity index (χ0) is 23.4. The van der Waals surface area contributed by atoms with Crippen molar-refractivity contribution in [3.63, 3.8) is 0 Å². The minimum atomic E-state index is 0.548. The van der Waals surface area contributed by atoms with Crippen molar-refractivity contribution in [1.29, 1.82) is 0 Å². The Kier molecular flexibility index (Phi) is 15.9. The highest BCUT2D eigenvalue weighted by atomic mass is 15.4. The highest BCUT2D eigenvalue weighted by Gasteiger charge is 2.24. The minimum Gasteiger partial charge on any atom is -0.356 e. The van der Waals surface area contributed by atoms with Crippen molar-refractivity contribution in [2.24, 2.45) is 0 Å². The Morgan fingerprint density at radius 2 is 1.03 bits per heavy atom. The van der Waals surface area contributed by atoms with Crippen LogP contribution in [0.2, 0.25) is 0 Å². The number of hydrogen-bond acceptors (Lipinski definition) is 2. The fraction of sp³-hybridized carbons (Fsp3) is 0.742. The van der Waals surface area contributed by atoms with E-state index in [1.54, 1.807) is 0 Å². The number of nitrogens with zero attached hydrogens (tertiary/aromatic N) is 2. The van der Waals surface area contributed by atoms with E-state index in [0.29, 0.717) is 6.17 Å². The molecule has 0 saturated carbocycles. The molecule has 2 rings (SSSR count). The van der Waals surface area contributed by atoms with E-state index < -0.39 is 0 Å². The molecule has 1 aromatic rings. The Morgan fingerprint density at radius 3 is 1.55 bits per heavy atom. The van der Waals surface area contributed by atoms with Gasteiger partial charge in [-0.25, -0.2) is 0 Å². The van der Waals surface area contributed by atoms with Crippen molar-refractivity contribution >= 4 is 0 Å². The van der Waals surface area contributed by atoms with Gasteiger partial charge in [0.05, 0.1) is 0 Å². The van der Waals surface area contributed by atoms with E-state index in [4.69, 9.17) is 0 Å². The van der Waals surface area contributed by atoms with Crippen LogP contribution in [0.5, 0.6) is 0 Å². The smallest absolute Gasteiger partial charge is 0.101 e. The Labute approximate surface area is 206 Å². The van der Waals surface area contributed by atoms with Gasteiger partial charge in [0.25, 0.3) is 0 Å². The van der Waals surface area contributed by atoms with Crippen LogP contribution >= 0.6 is 0 Å². The Balaban J connectivity index is 1.43. The molecule has 2 heteroatoms. The van der Waals surface area contributed by atoms with Crippen molar-refractivity contribution < 1.29 is 0 Å². The molecule has 1 aromatic carbocycles. The van der Waals surface area contributed by atoms with Crippen molar-refractivity contribution in [2.75, 3.05) is 6.54 Å². The van der Waals surface area contributed by atoms with Gasteiger partial charge >= 0.3 is 0 Å². The van der Waals surface area contributed by atoms with E-state index in [9.17, 15) is 0 Å². The molecule has 2 nitrogen and oxygen atoms in total. The minimum absolute atomic E-state index is 0.548. The first-order chi connectivity index (χ1) is 16.3. The molecule has 33 heavy (non-hydrogen) atoms. The van der Waals surface area contributed by atoms with E-state index in [2.05, 4.69) is 66.4 Å². The van der Waals surface area contributed by atoms with E-state index in [1.807, 2.05) is 0 Å². The molecule has 1 aliphatic rings. The summed E-state index contributed by atoms with van der Waals surface area (Å²) in [6, 6.07) is 10.9. The highest BCUT2D eigenvalue weighted by molar-refractivity contribution is 5.15. The first kappa shape index (κ1) is 27.8. The molecule has 1 unspecified atom stereocenters. The average molecular weight is 455 g/mol. The molecule has 0 amide bonds. The van der Waals surface area contributed by atoms with Gasteiger partial charge in [0.2, 0.25) is 0 Å². The normalized spacial score (nSPS) is 15.6. The fourth-order valence-corrected chi connectivity index (χ4v) is 5.17. The Hall–Kier alpha value is -1.44. The molecular weight excluding hydrogens is 400 g/mol. The van der Waals surface area contributed by atoms with E-state index >= 15 is 0 Å². The quantitative estimate of drug-likeness (QED) is 0.171. The van der Waals surface area contributed by atoms with E-state index in [1.165, 1.54) is 128 Å². The summed E-state index contributed by atoms with van der Waals surface area (Å²) in [7, 11) is 0. The first-order valence-corrected chi connectivity index (χ1v) is 14.6. The molecule has 0 fully saturated rings. The summed E-state index contributed by atoms with van der Waals surface area (Å²) in [5.74, 6) is 0. The second kappa shape index (κ2) is 18.9.